The van der Waals surface area contributed by atoms with Crippen LogP contribution in [-0.2, 0) is 0 Å². The zero-order valence-electron chi connectivity index (χ0n) is 8.33. The SMILES string of the molecule is CCNC(=O)N(C)CC(C)C(N)=S. The molecule has 13 heavy (non-hydrogen) atoms. The topological polar surface area (TPSA) is 58.4 Å². The van der Waals surface area contributed by atoms with Crippen LogP contribution in [0.3, 0.4) is 0 Å². The highest BCUT2D eigenvalue weighted by Crippen LogP contribution is 1.98. The lowest BCUT2D eigenvalue weighted by Gasteiger charge is -2.20. The highest BCUT2D eigenvalue weighted by molar-refractivity contribution is 7.80. The Morgan fingerprint density at radius 2 is 2.23 bits per heavy atom. The first-order valence-electron chi connectivity index (χ1n) is 4.27. The maximum atomic E-state index is 11.2. The Kier molecular flexibility index (Phi) is 5.37. The van der Waals surface area contributed by atoms with Crippen LogP contribution in [0.2, 0.25) is 0 Å². The van der Waals surface area contributed by atoms with Gasteiger partial charge in [0.05, 0.1) is 4.99 Å². The molecular weight excluding hydrogens is 186 g/mol. The first kappa shape index (κ1) is 12.2. The van der Waals surface area contributed by atoms with Gasteiger partial charge in [0.15, 0.2) is 0 Å². The molecule has 76 valence electrons. The molecule has 0 aliphatic heterocycles. The fraction of sp³-hybridized carbons (Fsp3) is 0.750. The molecule has 0 aliphatic rings. The minimum atomic E-state index is -0.0920. The quantitative estimate of drug-likeness (QED) is 0.657. The first-order chi connectivity index (χ1) is 5.99. The zero-order valence-corrected chi connectivity index (χ0v) is 9.15. The van der Waals surface area contributed by atoms with Gasteiger partial charge in [-0.2, -0.15) is 0 Å². The Labute approximate surface area is 84.5 Å². The number of nitrogens with zero attached hydrogens (tertiary/aromatic N) is 1. The fourth-order valence-corrected chi connectivity index (χ4v) is 0.944. The fourth-order valence-electron chi connectivity index (χ4n) is 0.870. The summed E-state index contributed by atoms with van der Waals surface area (Å²) in [4.78, 5) is 13.2. The number of hydrogen-bond acceptors (Lipinski definition) is 2. The highest BCUT2D eigenvalue weighted by Gasteiger charge is 2.12. The van der Waals surface area contributed by atoms with Gasteiger partial charge < -0.3 is 16.0 Å². The molecule has 0 saturated heterocycles. The number of nitrogens with one attached hydrogen (secondary N) is 1. The summed E-state index contributed by atoms with van der Waals surface area (Å²) in [6.45, 7) is 4.96. The molecule has 2 amide bonds. The van der Waals surface area contributed by atoms with Gasteiger partial charge in [0, 0.05) is 26.1 Å². The summed E-state index contributed by atoms with van der Waals surface area (Å²) in [5.41, 5.74) is 5.43. The molecule has 0 aliphatic carbocycles. The summed E-state index contributed by atoms with van der Waals surface area (Å²) >= 11 is 4.81. The van der Waals surface area contributed by atoms with E-state index in [-0.39, 0.29) is 11.9 Å². The Balaban J connectivity index is 3.92. The molecule has 0 aromatic rings. The van der Waals surface area contributed by atoms with Crippen molar-refractivity contribution in [1.82, 2.24) is 10.2 Å². The van der Waals surface area contributed by atoms with Gasteiger partial charge in [-0.25, -0.2) is 4.79 Å². The van der Waals surface area contributed by atoms with Crippen molar-refractivity contribution in [2.45, 2.75) is 13.8 Å². The normalized spacial score (nSPS) is 11.9. The standard InChI is InChI=1S/C8H17N3OS/c1-4-10-8(12)11(3)5-6(2)7(9)13/h6H,4-5H2,1-3H3,(H2,9,13)(H,10,12). The van der Waals surface area contributed by atoms with E-state index in [2.05, 4.69) is 5.32 Å². The van der Waals surface area contributed by atoms with Crippen molar-refractivity contribution < 1.29 is 4.79 Å². The van der Waals surface area contributed by atoms with Crippen LogP contribution in [0.4, 0.5) is 4.79 Å². The number of carbonyl (C=O) groups is 1. The second-order valence-electron chi connectivity index (χ2n) is 3.02. The van der Waals surface area contributed by atoms with Crippen LogP contribution in [0.25, 0.3) is 0 Å². The summed E-state index contributed by atoms with van der Waals surface area (Å²) in [7, 11) is 1.72. The van der Waals surface area contributed by atoms with E-state index in [0.29, 0.717) is 18.1 Å². The summed E-state index contributed by atoms with van der Waals surface area (Å²) in [6.07, 6.45) is 0. The van der Waals surface area contributed by atoms with Gasteiger partial charge in [-0.05, 0) is 6.92 Å². The van der Waals surface area contributed by atoms with Crippen LogP contribution in [0, 0.1) is 5.92 Å². The van der Waals surface area contributed by atoms with Gasteiger partial charge in [0.25, 0.3) is 0 Å². The lowest BCUT2D eigenvalue weighted by molar-refractivity contribution is 0.207. The average molecular weight is 203 g/mol. The molecular formula is C8H17N3OS. The van der Waals surface area contributed by atoms with Gasteiger partial charge in [-0.15, -0.1) is 0 Å². The Hall–Kier alpha value is -0.840. The Bertz CT molecular complexity index is 196. The second kappa shape index (κ2) is 5.75. The van der Waals surface area contributed by atoms with Gasteiger partial charge in [-0.1, -0.05) is 19.1 Å². The molecule has 0 aromatic heterocycles. The minimum absolute atomic E-state index is 0.0580. The van der Waals surface area contributed by atoms with E-state index in [0.717, 1.165) is 0 Å². The van der Waals surface area contributed by atoms with Crippen molar-refractivity contribution in [3.05, 3.63) is 0 Å². The van der Waals surface area contributed by atoms with E-state index in [1.807, 2.05) is 13.8 Å². The van der Waals surface area contributed by atoms with E-state index in [4.69, 9.17) is 18.0 Å². The molecule has 0 saturated carbocycles. The monoisotopic (exact) mass is 203 g/mol. The van der Waals surface area contributed by atoms with Gasteiger partial charge >= 0.3 is 6.03 Å². The third-order valence-electron chi connectivity index (χ3n) is 1.71. The van der Waals surface area contributed by atoms with Gasteiger partial charge in [0.1, 0.15) is 0 Å². The van der Waals surface area contributed by atoms with Crippen LogP contribution < -0.4 is 11.1 Å². The molecule has 3 N–H and O–H groups in total. The third kappa shape index (κ3) is 4.67. The predicted molar refractivity (Wildman–Crippen MR) is 57.7 cm³/mol. The minimum Gasteiger partial charge on any atom is -0.393 e. The predicted octanol–water partition coefficient (Wildman–Crippen LogP) is 0.570. The molecule has 0 radical (unpaired) electrons. The van der Waals surface area contributed by atoms with E-state index >= 15 is 0 Å². The summed E-state index contributed by atoms with van der Waals surface area (Å²) in [6, 6.07) is -0.0920. The number of carbonyl (C=O) groups excluding carboxylic acids is 1. The van der Waals surface area contributed by atoms with Crippen molar-refractivity contribution >= 4 is 23.2 Å². The molecule has 0 rings (SSSR count). The smallest absolute Gasteiger partial charge is 0.317 e. The van der Waals surface area contributed by atoms with Crippen LogP contribution >= 0.6 is 12.2 Å². The van der Waals surface area contributed by atoms with E-state index < -0.39 is 0 Å². The molecule has 0 fully saturated rings. The van der Waals surface area contributed by atoms with Crippen LogP contribution in [-0.4, -0.2) is 36.1 Å². The van der Waals surface area contributed by atoms with E-state index in [9.17, 15) is 4.79 Å². The second-order valence-corrected chi connectivity index (χ2v) is 3.49. The summed E-state index contributed by atoms with van der Waals surface area (Å²) in [5, 5.41) is 2.69. The number of amides is 2. The lowest BCUT2D eigenvalue weighted by atomic mass is 10.2. The number of rotatable bonds is 4. The van der Waals surface area contributed by atoms with Crippen LogP contribution in [0.1, 0.15) is 13.8 Å². The van der Waals surface area contributed by atoms with Gasteiger partial charge in [-0.3, -0.25) is 0 Å². The van der Waals surface area contributed by atoms with Gasteiger partial charge in [0.2, 0.25) is 0 Å². The first-order valence-corrected chi connectivity index (χ1v) is 4.68. The van der Waals surface area contributed by atoms with Crippen molar-refractivity contribution in [1.29, 1.82) is 0 Å². The molecule has 1 unspecified atom stereocenters. The summed E-state index contributed by atoms with van der Waals surface area (Å²) in [5.74, 6) is 0.0580. The largest absolute Gasteiger partial charge is 0.393 e. The van der Waals surface area contributed by atoms with Crippen molar-refractivity contribution in [3.63, 3.8) is 0 Å². The molecule has 0 spiro atoms. The third-order valence-corrected chi connectivity index (χ3v) is 2.11. The maximum absolute atomic E-state index is 11.2. The average Bonchev–Trinajstić information content (AvgIpc) is 2.04. The van der Waals surface area contributed by atoms with Crippen molar-refractivity contribution in [2.75, 3.05) is 20.1 Å². The van der Waals surface area contributed by atoms with Crippen LogP contribution in [0.15, 0.2) is 0 Å². The van der Waals surface area contributed by atoms with E-state index in [1.54, 1.807) is 11.9 Å². The molecule has 5 heteroatoms. The molecule has 1 atom stereocenters. The number of nitrogens with two attached hydrogens (primary N) is 1. The Morgan fingerprint density at radius 3 is 2.62 bits per heavy atom. The molecule has 0 heterocycles. The van der Waals surface area contributed by atoms with E-state index in [1.165, 1.54) is 0 Å². The number of urea groups is 1. The number of hydrogen-bond donors (Lipinski definition) is 2. The molecule has 4 nitrogen and oxygen atoms in total. The maximum Gasteiger partial charge on any atom is 0.317 e. The Morgan fingerprint density at radius 1 is 1.69 bits per heavy atom. The molecule has 0 bridgehead atoms. The highest BCUT2D eigenvalue weighted by atomic mass is 32.1. The van der Waals surface area contributed by atoms with Crippen molar-refractivity contribution in [2.24, 2.45) is 11.7 Å². The number of thiocarbonyl (C=S) groups is 1. The zero-order chi connectivity index (χ0) is 10.4. The lowest BCUT2D eigenvalue weighted by Crippen LogP contribution is -2.41. The van der Waals surface area contributed by atoms with Crippen molar-refractivity contribution in [3.8, 4) is 0 Å². The molecule has 0 aromatic carbocycles. The van der Waals surface area contributed by atoms with Crippen LogP contribution in [0.5, 0.6) is 0 Å². The summed E-state index contributed by atoms with van der Waals surface area (Å²) < 4.78 is 0.